The Hall–Kier alpha value is -1.91. The van der Waals surface area contributed by atoms with Gasteiger partial charge in [-0.2, -0.15) is 5.26 Å². The number of aliphatic hydroxyl groups excluding tert-OH is 1. The van der Waals surface area contributed by atoms with E-state index in [0.717, 1.165) is 0 Å². The van der Waals surface area contributed by atoms with Crippen molar-refractivity contribution in [2.45, 2.75) is 31.6 Å². The van der Waals surface area contributed by atoms with Gasteiger partial charge in [0.05, 0.1) is 18.8 Å². The highest BCUT2D eigenvalue weighted by Crippen LogP contribution is 2.34. The van der Waals surface area contributed by atoms with Gasteiger partial charge in [0.1, 0.15) is 6.23 Å². The standard InChI is InChI=1S/C12H15N3O4/c13-4-1-2-8-6-11(19-9(8)7-16)15-5-3-10(17)14-12(15)18/h3,5,8-9,11,16H,1-2,6-7H2,(H,14,17,18)/t8-,9+,11-/m0/s1. The van der Waals surface area contributed by atoms with Gasteiger partial charge in [-0.15, -0.1) is 0 Å². The maximum atomic E-state index is 11.7. The van der Waals surface area contributed by atoms with Crippen molar-refractivity contribution in [3.63, 3.8) is 0 Å². The molecule has 1 aliphatic rings. The monoisotopic (exact) mass is 265 g/mol. The van der Waals surface area contributed by atoms with Gasteiger partial charge in [0.2, 0.25) is 0 Å². The lowest BCUT2D eigenvalue weighted by atomic mass is 9.96. The van der Waals surface area contributed by atoms with Crippen molar-refractivity contribution in [2.75, 3.05) is 6.61 Å². The van der Waals surface area contributed by atoms with Crippen molar-refractivity contribution in [3.05, 3.63) is 33.1 Å². The summed E-state index contributed by atoms with van der Waals surface area (Å²) in [5, 5.41) is 17.9. The Morgan fingerprint density at radius 2 is 2.37 bits per heavy atom. The molecule has 0 unspecified atom stereocenters. The van der Waals surface area contributed by atoms with Crippen LogP contribution in [0.25, 0.3) is 0 Å². The van der Waals surface area contributed by atoms with Gasteiger partial charge in [0.25, 0.3) is 5.56 Å². The number of nitrogens with zero attached hydrogens (tertiary/aromatic N) is 2. The van der Waals surface area contributed by atoms with Crippen molar-refractivity contribution in [2.24, 2.45) is 5.92 Å². The number of hydrogen-bond acceptors (Lipinski definition) is 5. The largest absolute Gasteiger partial charge is 0.394 e. The predicted octanol–water partition coefficient (Wildman–Crippen LogP) is -0.264. The lowest BCUT2D eigenvalue weighted by Crippen LogP contribution is -2.31. The van der Waals surface area contributed by atoms with Crippen LogP contribution >= 0.6 is 0 Å². The number of rotatable bonds is 4. The Labute approximate surface area is 109 Å². The fraction of sp³-hybridized carbons (Fsp3) is 0.583. The van der Waals surface area contributed by atoms with E-state index in [1.807, 2.05) is 0 Å². The van der Waals surface area contributed by atoms with Gasteiger partial charge in [-0.25, -0.2) is 4.79 Å². The first-order chi connectivity index (χ1) is 9.15. The highest BCUT2D eigenvalue weighted by Gasteiger charge is 2.35. The van der Waals surface area contributed by atoms with Crippen molar-refractivity contribution in [1.29, 1.82) is 5.26 Å². The van der Waals surface area contributed by atoms with Gasteiger partial charge >= 0.3 is 5.69 Å². The first-order valence-corrected chi connectivity index (χ1v) is 6.10. The number of nitriles is 1. The summed E-state index contributed by atoms with van der Waals surface area (Å²) in [5.74, 6) is 0.0356. The summed E-state index contributed by atoms with van der Waals surface area (Å²) >= 11 is 0. The highest BCUT2D eigenvalue weighted by atomic mass is 16.5. The minimum atomic E-state index is -0.532. The second-order valence-corrected chi connectivity index (χ2v) is 4.52. The van der Waals surface area contributed by atoms with E-state index in [0.29, 0.717) is 19.3 Å². The summed E-state index contributed by atoms with van der Waals surface area (Å²) in [6, 6.07) is 3.31. The number of aromatic nitrogens is 2. The molecule has 0 radical (unpaired) electrons. The van der Waals surface area contributed by atoms with Crippen LogP contribution < -0.4 is 11.2 Å². The van der Waals surface area contributed by atoms with Crippen molar-refractivity contribution in [1.82, 2.24) is 9.55 Å². The Morgan fingerprint density at radius 3 is 3.00 bits per heavy atom. The summed E-state index contributed by atoms with van der Waals surface area (Å²) in [5.41, 5.74) is -0.992. The zero-order valence-corrected chi connectivity index (χ0v) is 10.3. The number of ether oxygens (including phenoxy) is 1. The van der Waals surface area contributed by atoms with Crippen LogP contribution in [0.2, 0.25) is 0 Å². The molecule has 1 aromatic heterocycles. The third-order valence-electron chi connectivity index (χ3n) is 3.33. The maximum Gasteiger partial charge on any atom is 0.330 e. The minimum Gasteiger partial charge on any atom is -0.394 e. The lowest BCUT2D eigenvalue weighted by Gasteiger charge is -2.14. The Bertz CT molecular complexity index is 586. The quantitative estimate of drug-likeness (QED) is 0.779. The number of H-pyrrole nitrogens is 1. The van der Waals surface area contributed by atoms with E-state index < -0.39 is 17.5 Å². The maximum absolute atomic E-state index is 11.7. The third-order valence-corrected chi connectivity index (χ3v) is 3.33. The van der Waals surface area contributed by atoms with E-state index >= 15 is 0 Å². The fourth-order valence-corrected chi connectivity index (χ4v) is 2.36. The van der Waals surface area contributed by atoms with E-state index in [2.05, 4.69) is 11.1 Å². The van der Waals surface area contributed by atoms with E-state index in [9.17, 15) is 14.7 Å². The van der Waals surface area contributed by atoms with Crippen LogP contribution in [0.1, 0.15) is 25.5 Å². The Balaban J connectivity index is 2.17. The molecule has 0 aliphatic carbocycles. The molecule has 0 spiro atoms. The molecule has 7 nitrogen and oxygen atoms in total. The van der Waals surface area contributed by atoms with Crippen molar-refractivity contribution < 1.29 is 9.84 Å². The second kappa shape index (κ2) is 5.82. The van der Waals surface area contributed by atoms with Crippen LogP contribution in [0.3, 0.4) is 0 Å². The van der Waals surface area contributed by atoms with Gasteiger partial charge in [0, 0.05) is 18.7 Å². The van der Waals surface area contributed by atoms with Crippen LogP contribution in [0.15, 0.2) is 21.9 Å². The van der Waals surface area contributed by atoms with Crippen molar-refractivity contribution >= 4 is 0 Å². The molecule has 1 fully saturated rings. The normalized spacial score (nSPS) is 26.2. The second-order valence-electron chi connectivity index (χ2n) is 4.52. The molecule has 2 N–H and O–H groups in total. The molecular formula is C12H15N3O4. The first-order valence-electron chi connectivity index (χ1n) is 6.10. The molecule has 1 aromatic rings. The minimum absolute atomic E-state index is 0.0356. The molecule has 0 bridgehead atoms. The van der Waals surface area contributed by atoms with Crippen LogP contribution in [0.5, 0.6) is 0 Å². The van der Waals surface area contributed by atoms with Gasteiger partial charge in [-0.1, -0.05) is 0 Å². The van der Waals surface area contributed by atoms with E-state index in [1.165, 1.54) is 16.8 Å². The van der Waals surface area contributed by atoms with Gasteiger partial charge < -0.3 is 9.84 Å². The number of aromatic amines is 1. The molecule has 3 atom stereocenters. The molecular weight excluding hydrogens is 250 g/mol. The summed E-state index contributed by atoms with van der Waals surface area (Å²) in [7, 11) is 0. The van der Waals surface area contributed by atoms with Crippen LogP contribution in [0.4, 0.5) is 0 Å². The van der Waals surface area contributed by atoms with Gasteiger partial charge in [-0.05, 0) is 18.8 Å². The molecule has 2 rings (SSSR count). The molecule has 1 aliphatic heterocycles. The van der Waals surface area contributed by atoms with Crippen LogP contribution in [-0.2, 0) is 4.74 Å². The fourth-order valence-electron chi connectivity index (χ4n) is 2.36. The van der Waals surface area contributed by atoms with E-state index in [1.54, 1.807) is 0 Å². The van der Waals surface area contributed by atoms with Crippen LogP contribution in [-0.4, -0.2) is 27.4 Å². The summed E-state index contributed by atoms with van der Waals surface area (Å²) in [6.45, 7) is -0.148. The lowest BCUT2D eigenvalue weighted by molar-refractivity contribution is -0.0330. The van der Waals surface area contributed by atoms with Crippen LogP contribution in [0, 0.1) is 17.2 Å². The van der Waals surface area contributed by atoms with Gasteiger partial charge in [-0.3, -0.25) is 14.3 Å². The Morgan fingerprint density at radius 1 is 1.58 bits per heavy atom. The summed E-state index contributed by atoms with van der Waals surface area (Å²) in [6.07, 6.45) is 2.04. The smallest absolute Gasteiger partial charge is 0.330 e. The molecule has 2 heterocycles. The average Bonchev–Trinajstić information content (AvgIpc) is 2.79. The van der Waals surface area contributed by atoms with Gasteiger partial charge in [0.15, 0.2) is 0 Å². The SMILES string of the molecule is N#CCC[C@H]1C[C@@H](n2ccc(=O)[nH]c2=O)O[C@@H]1CO. The molecule has 0 aromatic carbocycles. The summed E-state index contributed by atoms with van der Waals surface area (Å²) in [4.78, 5) is 24.8. The molecule has 0 saturated carbocycles. The first kappa shape index (κ1) is 13.5. The van der Waals surface area contributed by atoms with E-state index in [-0.39, 0.29) is 18.6 Å². The van der Waals surface area contributed by atoms with Crippen molar-refractivity contribution in [3.8, 4) is 6.07 Å². The highest BCUT2D eigenvalue weighted by molar-refractivity contribution is 4.89. The summed E-state index contributed by atoms with van der Waals surface area (Å²) < 4.78 is 6.91. The molecule has 0 amide bonds. The van der Waals surface area contributed by atoms with E-state index in [4.69, 9.17) is 10.00 Å². The third kappa shape index (κ3) is 2.92. The number of nitrogens with one attached hydrogen (secondary N) is 1. The zero-order chi connectivity index (χ0) is 13.8. The number of hydrogen-bond donors (Lipinski definition) is 2. The molecule has 19 heavy (non-hydrogen) atoms. The molecule has 7 heteroatoms. The zero-order valence-electron chi connectivity index (χ0n) is 10.3. The Kier molecular flexibility index (Phi) is 4.14. The number of aliphatic hydroxyl groups is 1. The average molecular weight is 265 g/mol. The predicted molar refractivity (Wildman–Crippen MR) is 65.3 cm³/mol. The topological polar surface area (TPSA) is 108 Å². The molecule has 102 valence electrons. The molecule has 1 saturated heterocycles.